The van der Waals surface area contributed by atoms with E-state index in [0.29, 0.717) is 12.8 Å². The summed E-state index contributed by atoms with van der Waals surface area (Å²) < 4.78 is 0. The molecule has 0 bridgehead atoms. The highest BCUT2D eigenvalue weighted by Gasteiger charge is 2.26. The number of carbonyl (C=O) groups is 1. The minimum Gasteiger partial charge on any atom is -0.394 e. The molecule has 0 saturated carbocycles. The van der Waals surface area contributed by atoms with Crippen molar-refractivity contribution >= 4 is 5.91 Å². The summed E-state index contributed by atoms with van der Waals surface area (Å²) in [5.74, 6) is -0.159. The van der Waals surface area contributed by atoms with Crippen molar-refractivity contribution in [1.82, 2.24) is 5.32 Å². The fraction of sp³-hybridized carbons (Fsp3) is 0.868. The van der Waals surface area contributed by atoms with Gasteiger partial charge in [-0.3, -0.25) is 4.79 Å². The van der Waals surface area contributed by atoms with E-state index in [2.05, 4.69) is 43.5 Å². The average Bonchev–Trinajstić information content (AvgIpc) is 3.01. The van der Waals surface area contributed by atoms with Gasteiger partial charge in [-0.1, -0.05) is 154 Å². The average molecular weight is 608 g/mol. The third-order valence-electron chi connectivity index (χ3n) is 8.54. The summed E-state index contributed by atoms with van der Waals surface area (Å²) in [5.41, 5.74) is 0. The number of aliphatic hydroxyl groups is 3. The highest BCUT2D eigenvalue weighted by molar-refractivity contribution is 5.76. The molecule has 0 aromatic carbocycles. The van der Waals surface area contributed by atoms with Crippen molar-refractivity contribution in [2.24, 2.45) is 0 Å². The van der Waals surface area contributed by atoms with Crippen molar-refractivity contribution in [1.29, 1.82) is 0 Å². The molecule has 5 nitrogen and oxygen atoms in total. The number of nitrogens with one attached hydrogen (secondary N) is 1. The number of carbonyl (C=O) groups excluding carboxylic acids is 1. The number of amides is 1. The molecule has 3 atom stereocenters. The van der Waals surface area contributed by atoms with Gasteiger partial charge >= 0.3 is 0 Å². The molecule has 0 fully saturated rings. The second kappa shape index (κ2) is 33.7. The van der Waals surface area contributed by atoms with E-state index < -0.39 is 18.2 Å². The van der Waals surface area contributed by atoms with Gasteiger partial charge in [-0.15, -0.1) is 0 Å². The molecule has 0 saturated heterocycles. The second-order valence-corrected chi connectivity index (χ2v) is 12.8. The van der Waals surface area contributed by atoms with Crippen LogP contribution in [0.2, 0.25) is 0 Å². The second-order valence-electron chi connectivity index (χ2n) is 12.8. The Labute approximate surface area is 267 Å². The number of rotatable bonds is 33. The van der Waals surface area contributed by atoms with Crippen molar-refractivity contribution in [2.45, 2.75) is 205 Å². The summed E-state index contributed by atoms with van der Waals surface area (Å²) in [6, 6.07) is -0.826. The van der Waals surface area contributed by atoms with Gasteiger partial charge in [0.1, 0.15) is 6.10 Å². The molecule has 3 unspecified atom stereocenters. The molecule has 0 aromatic rings. The van der Waals surface area contributed by atoms with E-state index in [-0.39, 0.29) is 12.5 Å². The summed E-state index contributed by atoms with van der Waals surface area (Å²) in [6.45, 7) is 4.14. The van der Waals surface area contributed by atoms with E-state index in [1.54, 1.807) is 0 Å². The van der Waals surface area contributed by atoms with Crippen LogP contribution < -0.4 is 5.32 Å². The van der Waals surface area contributed by atoms with Crippen molar-refractivity contribution < 1.29 is 20.1 Å². The SMILES string of the molecule is CCCCCCCC/C=C/CC/C=C/CCCC(O)C(O)C(CO)NC(=O)CCCCCCCCCCCCCCCC. The third kappa shape index (κ3) is 29.3. The molecule has 0 heterocycles. The van der Waals surface area contributed by atoms with Gasteiger partial charge in [0.25, 0.3) is 0 Å². The maximum atomic E-state index is 12.3. The van der Waals surface area contributed by atoms with Crippen molar-refractivity contribution in [3.05, 3.63) is 24.3 Å². The van der Waals surface area contributed by atoms with Gasteiger partial charge in [0.05, 0.1) is 18.8 Å². The van der Waals surface area contributed by atoms with Crippen LogP contribution in [-0.4, -0.2) is 46.1 Å². The van der Waals surface area contributed by atoms with Gasteiger partial charge in [0.15, 0.2) is 0 Å². The summed E-state index contributed by atoms with van der Waals surface area (Å²) in [7, 11) is 0. The smallest absolute Gasteiger partial charge is 0.220 e. The lowest BCUT2D eigenvalue weighted by atomic mass is 10.0. The van der Waals surface area contributed by atoms with Crippen molar-refractivity contribution in [3.63, 3.8) is 0 Å². The molecule has 1 amide bonds. The van der Waals surface area contributed by atoms with Gasteiger partial charge in [0, 0.05) is 6.42 Å². The number of aliphatic hydroxyl groups excluding tert-OH is 3. The molecule has 0 aromatic heterocycles. The minimum absolute atomic E-state index is 0.159. The fourth-order valence-electron chi connectivity index (χ4n) is 5.59. The molecule has 0 aliphatic heterocycles. The molecule has 0 rings (SSSR count). The Balaban J connectivity index is 3.76. The molecule has 43 heavy (non-hydrogen) atoms. The van der Waals surface area contributed by atoms with E-state index >= 15 is 0 Å². The van der Waals surface area contributed by atoms with E-state index in [4.69, 9.17) is 0 Å². The summed E-state index contributed by atoms with van der Waals surface area (Å²) in [5, 5.41) is 33.3. The maximum Gasteiger partial charge on any atom is 0.220 e. The highest BCUT2D eigenvalue weighted by Crippen LogP contribution is 2.14. The van der Waals surface area contributed by atoms with E-state index in [1.165, 1.54) is 116 Å². The van der Waals surface area contributed by atoms with Gasteiger partial charge in [-0.25, -0.2) is 0 Å². The Morgan fingerprint density at radius 1 is 0.558 bits per heavy atom. The zero-order valence-corrected chi connectivity index (χ0v) is 28.6. The quantitative estimate of drug-likeness (QED) is 0.0441. The first kappa shape index (κ1) is 41.8. The number of allylic oxidation sites excluding steroid dienone is 4. The van der Waals surface area contributed by atoms with Crippen LogP contribution in [-0.2, 0) is 4.79 Å². The molecule has 0 aliphatic carbocycles. The number of hydrogen-bond donors (Lipinski definition) is 4. The lowest BCUT2D eigenvalue weighted by molar-refractivity contribution is -0.124. The standard InChI is InChI=1S/C38H73NO4/c1-3-5-7-9-11-13-15-17-19-20-22-24-26-28-30-32-36(41)38(43)35(34-40)39-37(42)33-31-29-27-25-23-21-18-16-14-12-10-8-6-4-2/h17,19,24,26,35-36,38,40-41,43H,3-16,18,20-23,25,27-34H2,1-2H3,(H,39,42)/b19-17+,26-24+. The van der Waals surface area contributed by atoms with Gasteiger partial charge in [-0.2, -0.15) is 0 Å². The first-order valence-corrected chi connectivity index (χ1v) is 18.6. The van der Waals surface area contributed by atoms with E-state index in [1.807, 2.05) is 0 Å². The normalized spacial score (nSPS) is 14.1. The highest BCUT2D eigenvalue weighted by atomic mass is 16.3. The molecular formula is C38H73NO4. The topological polar surface area (TPSA) is 89.8 Å². The Morgan fingerprint density at radius 2 is 0.953 bits per heavy atom. The van der Waals surface area contributed by atoms with Gasteiger partial charge in [0.2, 0.25) is 5.91 Å². The van der Waals surface area contributed by atoms with Crippen LogP contribution in [0.15, 0.2) is 24.3 Å². The summed E-state index contributed by atoms with van der Waals surface area (Å²) >= 11 is 0. The molecule has 0 radical (unpaired) electrons. The molecule has 0 aliphatic rings. The van der Waals surface area contributed by atoms with Crippen LogP contribution in [0.4, 0.5) is 0 Å². The largest absolute Gasteiger partial charge is 0.394 e. The van der Waals surface area contributed by atoms with Crippen LogP contribution in [0.5, 0.6) is 0 Å². The Bertz CT molecular complexity index is 635. The van der Waals surface area contributed by atoms with Crippen molar-refractivity contribution in [3.8, 4) is 0 Å². The van der Waals surface area contributed by atoms with Crippen LogP contribution in [0.25, 0.3) is 0 Å². The Kier molecular flexibility index (Phi) is 32.8. The molecule has 0 spiro atoms. The fourth-order valence-corrected chi connectivity index (χ4v) is 5.59. The number of unbranched alkanes of at least 4 members (excludes halogenated alkanes) is 21. The van der Waals surface area contributed by atoms with E-state index in [0.717, 1.165) is 44.9 Å². The Hall–Kier alpha value is -1.17. The summed E-state index contributed by atoms with van der Waals surface area (Å²) in [6.07, 6.45) is 38.4. The van der Waals surface area contributed by atoms with Crippen LogP contribution >= 0.6 is 0 Å². The maximum absolute atomic E-state index is 12.3. The summed E-state index contributed by atoms with van der Waals surface area (Å²) in [4.78, 5) is 12.3. The third-order valence-corrected chi connectivity index (χ3v) is 8.54. The van der Waals surface area contributed by atoms with Gasteiger partial charge in [-0.05, 0) is 51.4 Å². The molecule has 254 valence electrons. The van der Waals surface area contributed by atoms with Crippen molar-refractivity contribution in [2.75, 3.05) is 6.61 Å². The predicted octanol–water partition coefficient (Wildman–Crippen LogP) is 9.87. The monoisotopic (exact) mass is 608 g/mol. The Morgan fingerprint density at radius 3 is 1.42 bits per heavy atom. The molecular weight excluding hydrogens is 534 g/mol. The van der Waals surface area contributed by atoms with Crippen LogP contribution in [0.1, 0.15) is 187 Å². The first-order valence-electron chi connectivity index (χ1n) is 18.6. The zero-order chi connectivity index (χ0) is 31.6. The van der Waals surface area contributed by atoms with Crippen LogP contribution in [0, 0.1) is 0 Å². The number of hydrogen-bond acceptors (Lipinski definition) is 4. The minimum atomic E-state index is -1.16. The zero-order valence-electron chi connectivity index (χ0n) is 28.6. The molecule has 4 N–H and O–H groups in total. The van der Waals surface area contributed by atoms with Gasteiger partial charge < -0.3 is 20.6 Å². The predicted molar refractivity (Wildman–Crippen MR) is 185 cm³/mol. The van der Waals surface area contributed by atoms with Crippen LogP contribution in [0.3, 0.4) is 0 Å². The lowest BCUT2D eigenvalue weighted by Gasteiger charge is -2.26. The lowest BCUT2D eigenvalue weighted by Crippen LogP contribution is -2.50. The first-order chi connectivity index (χ1) is 21.1. The van der Waals surface area contributed by atoms with E-state index in [9.17, 15) is 20.1 Å². The molecule has 5 heteroatoms.